The molecule has 0 saturated carbocycles. The van der Waals surface area contributed by atoms with Crippen molar-refractivity contribution in [2.45, 2.75) is 5.92 Å². The number of fused-ring (bicyclic) bond motifs is 3. The molecule has 0 radical (unpaired) electrons. The topological polar surface area (TPSA) is 106 Å². The van der Waals surface area contributed by atoms with Gasteiger partial charge in [-0.05, 0) is 41.5 Å². The lowest BCUT2D eigenvalue weighted by Gasteiger charge is -2.19. The zero-order valence-corrected chi connectivity index (χ0v) is 17.7. The number of rotatable bonds is 2. The van der Waals surface area contributed by atoms with Crippen LogP contribution in [0.1, 0.15) is 17.0 Å². The summed E-state index contributed by atoms with van der Waals surface area (Å²) in [6.07, 6.45) is 3.26. The van der Waals surface area contributed by atoms with Crippen molar-refractivity contribution < 1.29 is 18.9 Å². The van der Waals surface area contributed by atoms with Crippen molar-refractivity contribution in [3.63, 3.8) is 0 Å². The average molecular weight is 455 g/mol. The fourth-order valence-electron chi connectivity index (χ4n) is 4.09. The van der Waals surface area contributed by atoms with E-state index in [-0.39, 0.29) is 19.1 Å². The monoisotopic (exact) mass is 455 g/mol. The Morgan fingerprint density at radius 3 is 2.36 bits per heavy atom. The van der Waals surface area contributed by atoms with Gasteiger partial charge < -0.3 is 18.9 Å². The van der Waals surface area contributed by atoms with Gasteiger partial charge in [0.2, 0.25) is 13.6 Å². The van der Waals surface area contributed by atoms with Crippen molar-refractivity contribution in [3.05, 3.63) is 72.6 Å². The maximum atomic E-state index is 13.1. The molecule has 9 heteroatoms. The highest BCUT2D eigenvalue weighted by Crippen LogP contribution is 2.40. The molecule has 8 nitrogen and oxygen atoms in total. The molecule has 160 valence electrons. The van der Waals surface area contributed by atoms with Crippen LogP contribution in [0.2, 0.25) is 0 Å². The predicted octanol–water partition coefficient (Wildman–Crippen LogP) is 2.03. The minimum Gasteiger partial charge on any atom is -0.454 e. The van der Waals surface area contributed by atoms with Crippen molar-refractivity contribution in [1.82, 2.24) is 4.57 Å². The third-order valence-electron chi connectivity index (χ3n) is 5.63. The van der Waals surface area contributed by atoms with Crippen LogP contribution in [0.3, 0.4) is 0 Å². The van der Waals surface area contributed by atoms with Crippen molar-refractivity contribution in [2.24, 2.45) is 0 Å². The van der Waals surface area contributed by atoms with Crippen LogP contribution in [0.5, 0.6) is 23.0 Å². The van der Waals surface area contributed by atoms with E-state index in [0.29, 0.717) is 43.3 Å². The quantitative estimate of drug-likeness (QED) is 0.582. The first-order valence-electron chi connectivity index (χ1n) is 9.94. The second-order valence-corrected chi connectivity index (χ2v) is 8.50. The molecule has 0 N–H and O–H groups in total. The van der Waals surface area contributed by atoms with E-state index in [1.54, 1.807) is 30.3 Å². The number of allylic oxidation sites excluding steroid dienone is 1. The fraction of sp³-hybridized carbons (Fsp3) is 0.125. The molecule has 0 amide bonds. The van der Waals surface area contributed by atoms with Crippen LogP contribution < -0.4 is 33.7 Å². The molecule has 3 aromatic rings. The van der Waals surface area contributed by atoms with Crippen LogP contribution in [0.25, 0.3) is 17.8 Å². The molecule has 33 heavy (non-hydrogen) atoms. The number of aromatic nitrogens is 1. The average Bonchev–Trinajstić information content (AvgIpc) is 3.56. The van der Waals surface area contributed by atoms with Gasteiger partial charge in [0, 0.05) is 6.20 Å². The van der Waals surface area contributed by atoms with Gasteiger partial charge in [0.1, 0.15) is 4.66 Å². The van der Waals surface area contributed by atoms with Gasteiger partial charge in [0.05, 0.1) is 33.7 Å². The van der Waals surface area contributed by atoms with E-state index in [1.807, 2.05) is 12.1 Å². The zero-order chi connectivity index (χ0) is 22.5. The van der Waals surface area contributed by atoms with Crippen molar-refractivity contribution in [2.75, 3.05) is 13.6 Å². The Labute approximate surface area is 190 Å². The molecule has 2 aromatic carbocycles. The molecule has 0 unspecified atom stereocenters. The summed E-state index contributed by atoms with van der Waals surface area (Å²) < 4.78 is 23.9. The summed E-state index contributed by atoms with van der Waals surface area (Å²) in [6, 6.07) is 15.2. The molecular weight excluding hydrogens is 442 g/mol. The standard InChI is InChI=1S/C24H13N3O5S/c25-8-15-10-27-23(28)21(6-13-1-3-17-19(5-13)31-11-29-17)33-24(27)16(9-26)22(15)14-2-4-18-20(7-14)32-12-30-18/h1-7,10,22H,11-12H2/b21-6-/t22-/m0/s1. The Kier molecular flexibility index (Phi) is 4.25. The second kappa shape index (κ2) is 7.30. The Morgan fingerprint density at radius 1 is 0.939 bits per heavy atom. The number of nitrogens with zero attached hydrogens (tertiary/aromatic N) is 3. The molecule has 0 aliphatic carbocycles. The lowest BCUT2D eigenvalue weighted by molar-refractivity contribution is 0.173. The first-order chi connectivity index (χ1) is 16.2. The lowest BCUT2D eigenvalue weighted by Crippen LogP contribution is -2.32. The van der Waals surface area contributed by atoms with E-state index in [1.165, 1.54) is 22.1 Å². The second-order valence-electron chi connectivity index (χ2n) is 7.47. The zero-order valence-electron chi connectivity index (χ0n) is 16.9. The Morgan fingerprint density at radius 2 is 1.64 bits per heavy atom. The molecule has 3 aliphatic rings. The van der Waals surface area contributed by atoms with Crippen molar-refractivity contribution in [1.29, 1.82) is 10.5 Å². The SMILES string of the molecule is N#CC1=Cn2c(s/c(=C\c3ccc4c(c3)OCO4)c2=O)=C(C#N)[C@H]1c1ccc2c(c1)OCO2. The minimum absolute atomic E-state index is 0.128. The van der Waals surface area contributed by atoms with Gasteiger partial charge in [0.15, 0.2) is 23.0 Å². The summed E-state index contributed by atoms with van der Waals surface area (Å²) in [5.74, 6) is 1.84. The summed E-state index contributed by atoms with van der Waals surface area (Å²) in [5.41, 5.74) is 1.83. The normalized spacial score (nSPS) is 17.9. The molecule has 4 heterocycles. The van der Waals surface area contributed by atoms with Crippen molar-refractivity contribution in [3.8, 4) is 35.1 Å². The summed E-state index contributed by atoms with van der Waals surface area (Å²) in [6.45, 7) is 0.293. The molecule has 6 rings (SSSR count). The van der Waals surface area contributed by atoms with Crippen molar-refractivity contribution >= 4 is 29.2 Å². The van der Waals surface area contributed by atoms with E-state index in [9.17, 15) is 15.3 Å². The Balaban J connectivity index is 1.54. The largest absolute Gasteiger partial charge is 0.454 e. The van der Waals surface area contributed by atoms with Gasteiger partial charge in [0.25, 0.3) is 5.56 Å². The predicted molar refractivity (Wildman–Crippen MR) is 118 cm³/mol. The van der Waals surface area contributed by atoms with Crippen LogP contribution in [-0.2, 0) is 0 Å². The number of nitriles is 2. The third-order valence-corrected chi connectivity index (χ3v) is 6.75. The molecule has 3 aliphatic heterocycles. The van der Waals surface area contributed by atoms with Crippen LogP contribution in [0, 0.1) is 22.7 Å². The van der Waals surface area contributed by atoms with E-state index in [0.717, 1.165) is 11.1 Å². The van der Waals surface area contributed by atoms with E-state index in [2.05, 4.69) is 12.1 Å². The molecular formula is C24H13N3O5S. The number of hydrogen-bond donors (Lipinski definition) is 0. The van der Waals surface area contributed by atoms with Crippen LogP contribution in [0.4, 0.5) is 0 Å². The highest BCUT2D eigenvalue weighted by atomic mass is 32.1. The van der Waals surface area contributed by atoms with E-state index in [4.69, 9.17) is 18.9 Å². The molecule has 0 bridgehead atoms. The molecule has 1 atom stereocenters. The van der Waals surface area contributed by atoms with E-state index >= 15 is 0 Å². The highest BCUT2D eigenvalue weighted by molar-refractivity contribution is 7.07. The highest BCUT2D eigenvalue weighted by Gasteiger charge is 2.30. The summed E-state index contributed by atoms with van der Waals surface area (Å²) in [4.78, 5) is 13.1. The van der Waals surface area contributed by atoms with Gasteiger partial charge in [-0.3, -0.25) is 9.36 Å². The summed E-state index contributed by atoms with van der Waals surface area (Å²) in [7, 11) is 0. The fourth-order valence-corrected chi connectivity index (χ4v) is 5.19. The molecule has 0 fully saturated rings. The maximum absolute atomic E-state index is 13.1. The molecule has 0 saturated heterocycles. The van der Waals surface area contributed by atoms with Crippen LogP contribution in [0.15, 0.2) is 46.8 Å². The molecule has 1 aromatic heterocycles. The number of thiazole rings is 1. The molecule has 0 spiro atoms. The lowest BCUT2D eigenvalue weighted by atomic mass is 9.85. The summed E-state index contributed by atoms with van der Waals surface area (Å²) >= 11 is 1.21. The first kappa shape index (κ1) is 19.2. The third kappa shape index (κ3) is 2.99. The maximum Gasteiger partial charge on any atom is 0.273 e. The van der Waals surface area contributed by atoms with Crippen LogP contribution in [-0.4, -0.2) is 18.2 Å². The number of hydrogen-bond acceptors (Lipinski definition) is 8. The first-order valence-corrected chi connectivity index (χ1v) is 10.8. The van der Waals surface area contributed by atoms with Gasteiger partial charge in [-0.25, -0.2) is 0 Å². The van der Waals surface area contributed by atoms with Crippen LogP contribution >= 0.6 is 11.3 Å². The Hall–Kier alpha value is -4.47. The number of ether oxygens (including phenoxy) is 4. The van der Waals surface area contributed by atoms with Gasteiger partial charge in [-0.1, -0.05) is 12.1 Å². The van der Waals surface area contributed by atoms with Gasteiger partial charge >= 0.3 is 0 Å². The van der Waals surface area contributed by atoms with E-state index < -0.39 is 5.92 Å². The minimum atomic E-state index is -0.606. The van der Waals surface area contributed by atoms with Gasteiger partial charge in [-0.2, -0.15) is 10.5 Å². The summed E-state index contributed by atoms with van der Waals surface area (Å²) in [5, 5.41) is 19.9. The number of benzene rings is 2. The Bertz CT molecular complexity index is 1630. The smallest absolute Gasteiger partial charge is 0.273 e. The van der Waals surface area contributed by atoms with Gasteiger partial charge in [-0.15, -0.1) is 11.3 Å².